The van der Waals surface area contributed by atoms with Crippen molar-refractivity contribution in [3.05, 3.63) is 53.8 Å². The van der Waals surface area contributed by atoms with Crippen LogP contribution < -0.4 is 20.5 Å². The predicted molar refractivity (Wildman–Crippen MR) is 85.0 cm³/mol. The topological polar surface area (TPSA) is 68.9 Å². The van der Waals surface area contributed by atoms with E-state index in [-0.39, 0.29) is 23.8 Å². The Balaban J connectivity index is 2.08. The van der Waals surface area contributed by atoms with Crippen molar-refractivity contribution < 1.29 is 22.6 Å². The quantitative estimate of drug-likeness (QED) is 0.625. The Morgan fingerprint density at radius 3 is 2.54 bits per heavy atom. The zero-order valence-corrected chi connectivity index (χ0v) is 12.8. The van der Waals surface area contributed by atoms with Crippen LogP contribution in [0.3, 0.4) is 0 Å². The van der Waals surface area contributed by atoms with Gasteiger partial charge in [-0.2, -0.15) is 8.78 Å². The molecule has 2 rings (SSSR count). The van der Waals surface area contributed by atoms with Crippen molar-refractivity contribution in [1.82, 2.24) is 0 Å². The molecule has 0 unspecified atom stereocenters. The zero-order valence-electron chi connectivity index (χ0n) is 12.8. The molecule has 0 fully saturated rings. The molecule has 0 bridgehead atoms. The SMILES string of the molecule is COc1ccc(NC(N)=NCc2c(F)cccc2OC(F)F)cc1. The van der Waals surface area contributed by atoms with Gasteiger partial charge in [0, 0.05) is 5.69 Å². The van der Waals surface area contributed by atoms with Gasteiger partial charge in [0.1, 0.15) is 17.3 Å². The standard InChI is InChI=1S/C16H16F3N3O2/c1-23-11-7-5-10(6-8-11)22-16(20)21-9-12-13(17)3-2-4-14(12)24-15(18)19/h2-8,15H,9H2,1H3,(H3,20,21,22). The van der Waals surface area contributed by atoms with E-state index in [9.17, 15) is 13.2 Å². The number of aliphatic imine (C=N–C) groups is 1. The highest BCUT2D eigenvalue weighted by Gasteiger charge is 2.13. The number of nitrogens with one attached hydrogen (secondary N) is 1. The first-order valence-electron chi connectivity index (χ1n) is 6.93. The van der Waals surface area contributed by atoms with E-state index in [2.05, 4.69) is 15.0 Å². The number of guanidine groups is 1. The zero-order chi connectivity index (χ0) is 17.5. The fourth-order valence-electron chi connectivity index (χ4n) is 1.92. The lowest BCUT2D eigenvalue weighted by molar-refractivity contribution is -0.0506. The Morgan fingerprint density at radius 1 is 1.21 bits per heavy atom. The van der Waals surface area contributed by atoms with Crippen molar-refractivity contribution in [2.24, 2.45) is 10.7 Å². The van der Waals surface area contributed by atoms with Crippen LogP contribution in [0.4, 0.5) is 18.9 Å². The van der Waals surface area contributed by atoms with Crippen molar-refractivity contribution in [3.8, 4) is 11.5 Å². The van der Waals surface area contributed by atoms with Crippen LogP contribution >= 0.6 is 0 Å². The second-order valence-electron chi connectivity index (χ2n) is 4.65. The minimum absolute atomic E-state index is 0.00594. The molecule has 24 heavy (non-hydrogen) atoms. The molecule has 0 radical (unpaired) electrons. The maximum absolute atomic E-state index is 13.8. The molecule has 2 aromatic carbocycles. The van der Waals surface area contributed by atoms with Gasteiger partial charge in [0.2, 0.25) is 0 Å². The minimum atomic E-state index is -3.05. The average Bonchev–Trinajstić information content (AvgIpc) is 2.54. The smallest absolute Gasteiger partial charge is 0.387 e. The van der Waals surface area contributed by atoms with E-state index >= 15 is 0 Å². The summed E-state index contributed by atoms with van der Waals surface area (Å²) in [5, 5.41) is 2.80. The van der Waals surface area contributed by atoms with Gasteiger partial charge in [-0.1, -0.05) is 6.07 Å². The fourth-order valence-corrected chi connectivity index (χ4v) is 1.92. The monoisotopic (exact) mass is 339 g/mol. The highest BCUT2D eigenvalue weighted by atomic mass is 19.3. The summed E-state index contributed by atoms with van der Waals surface area (Å²) in [7, 11) is 1.55. The lowest BCUT2D eigenvalue weighted by Crippen LogP contribution is -2.22. The summed E-state index contributed by atoms with van der Waals surface area (Å²) in [5.74, 6) is -0.289. The maximum Gasteiger partial charge on any atom is 0.387 e. The number of alkyl halides is 2. The molecule has 0 aromatic heterocycles. The first-order chi connectivity index (χ1) is 11.5. The summed E-state index contributed by atoms with van der Waals surface area (Å²) >= 11 is 0. The third-order valence-corrected chi connectivity index (χ3v) is 3.06. The average molecular weight is 339 g/mol. The number of nitrogens with zero attached hydrogens (tertiary/aromatic N) is 1. The van der Waals surface area contributed by atoms with Gasteiger partial charge in [0.15, 0.2) is 5.96 Å². The number of nitrogens with two attached hydrogens (primary N) is 1. The number of ether oxygens (including phenoxy) is 2. The summed E-state index contributed by atoms with van der Waals surface area (Å²) < 4.78 is 47.8. The normalized spacial score (nSPS) is 11.5. The summed E-state index contributed by atoms with van der Waals surface area (Å²) in [5.41, 5.74) is 6.27. The highest BCUT2D eigenvalue weighted by Crippen LogP contribution is 2.24. The molecule has 0 aliphatic heterocycles. The first kappa shape index (κ1) is 17.5. The Kier molecular flexibility index (Phi) is 5.89. The number of hydrogen-bond donors (Lipinski definition) is 2. The highest BCUT2D eigenvalue weighted by molar-refractivity contribution is 5.92. The van der Waals surface area contributed by atoms with Crippen LogP contribution in [0.25, 0.3) is 0 Å². The van der Waals surface area contributed by atoms with Crippen LogP contribution in [0.15, 0.2) is 47.5 Å². The van der Waals surface area contributed by atoms with Crippen molar-refractivity contribution in [2.45, 2.75) is 13.2 Å². The van der Waals surface area contributed by atoms with Gasteiger partial charge in [0.25, 0.3) is 0 Å². The molecule has 0 spiro atoms. The summed E-state index contributed by atoms with van der Waals surface area (Å²) in [6, 6.07) is 10.5. The van der Waals surface area contributed by atoms with Crippen LogP contribution in [0, 0.1) is 5.82 Å². The third kappa shape index (κ3) is 4.80. The van der Waals surface area contributed by atoms with Gasteiger partial charge in [-0.05, 0) is 36.4 Å². The second kappa shape index (κ2) is 8.09. The van der Waals surface area contributed by atoms with Gasteiger partial charge in [-0.25, -0.2) is 9.38 Å². The summed E-state index contributed by atoms with van der Waals surface area (Å²) in [6.07, 6.45) is 0. The maximum atomic E-state index is 13.8. The molecule has 8 heteroatoms. The Labute approximate surface area is 136 Å². The number of anilines is 1. The second-order valence-corrected chi connectivity index (χ2v) is 4.65. The Bertz CT molecular complexity index is 706. The molecule has 0 aliphatic rings. The van der Waals surface area contributed by atoms with E-state index in [4.69, 9.17) is 10.5 Å². The lowest BCUT2D eigenvalue weighted by atomic mass is 10.2. The van der Waals surface area contributed by atoms with Crippen LogP contribution in [0.1, 0.15) is 5.56 Å². The van der Waals surface area contributed by atoms with E-state index in [1.165, 1.54) is 12.1 Å². The molecule has 0 atom stereocenters. The van der Waals surface area contributed by atoms with E-state index in [1.807, 2.05) is 0 Å². The van der Waals surface area contributed by atoms with E-state index < -0.39 is 12.4 Å². The summed E-state index contributed by atoms with van der Waals surface area (Å²) in [4.78, 5) is 3.95. The molecular weight excluding hydrogens is 323 g/mol. The third-order valence-electron chi connectivity index (χ3n) is 3.06. The molecule has 0 saturated heterocycles. The molecule has 128 valence electrons. The number of rotatable bonds is 6. The van der Waals surface area contributed by atoms with E-state index in [1.54, 1.807) is 31.4 Å². The minimum Gasteiger partial charge on any atom is -0.497 e. The van der Waals surface area contributed by atoms with E-state index in [0.717, 1.165) is 6.07 Å². The van der Waals surface area contributed by atoms with Crippen LogP contribution in [-0.2, 0) is 6.54 Å². The van der Waals surface area contributed by atoms with Crippen molar-refractivity contribution in [2.75, 3.05) is 12.4 Å². The summed E-state index contributed by atoms with van der Waals surface area (Å²) in [6.45, 7) is -3.30. The Hall–Kier alpha value is -2.90. The van der Waals surface area contributed by atoms with E-state index in [0.29, 0.717) is 11.4 Å². The van der Waals surface area contributed by atoms with Crippen LogP contribution in [0.5, 0.6) is 11.5 Å². The molecule has 5 nitrogen and oxygen atoms in total. The Morgan fingerprint density at radius 2 is 1.92 bits per heavy atom. The number of hydrogen-bond acceptors (Lipinski definition) is 3. The number of benzene rings is 2. The molecule has 3 N–H and O–H groups in total. The lowest BCUT2D eigenvalue weighted by Gasteiger charge is -2.11. The van der Waals surface area contributed by atoms with Gasteiger partial charge in [0.05, 0.1) is 19.2 Å². The molecular formula is C16H16F3N3O2. The number of methoxy groups -OCH3 is 1. The number of halogens is 3. The molecule has 0 saturated carbocycles. The largest absolute Gasteiger partial charge is 0.497 e. The van der Waals surface area contributed by atoms with Gasteiger partial charge < -0.3 is 20.5 Å². The van der Waals surface area contributed by atoms with Crippen molar-refractivity contribution >= 4 is 11.6 Å². The molecule has 0 aliphatic carbocycles. The van der Waals surface area contributed by atoms with Crippen molar-refractivity contribution in [1.29, 1.82) is 0 Å². The van der Waals surface area contributed by atoms with Gasteiger partial charge in [-0.3, -0.25) is 0 Å². The van der Waals surface area contributed by atoms with Gasteiger partial charge in [-0.15, -0.1) is 0 Å². The molecule has 0 amide bonds. The fraction of sp³-hybridized carbons (Fsp3) is 0.188. The van der Waals surface area contributed by atoms with Crippen LogP contribution in [0.2, 0.25) is 0 Å². The van der Waals surface area contributed by atoms with Crippen molar-refractivity contribution in [3.63, 3.8) is 0 Å². The molecule has 0 heterocycles. The molecule has 2 aromatic rings. The first-order valence-corrected chi connectivity index (χ1v) is 6.93. The van der Waals surface area contributed by atoms with Crippen LogP contribution in [-0.4, -0.2) is 19.7 Å². The van der Waals surface area contributed by atoms with Gasteiger partial charge >= 0.3 is 6.61 Å². The predicted octanol–water partition coefficient (Wildman–Crippen LogP) is 3.36.